The lowest BCUT2D eigenvalue weighted by molar-refractivity contribution is -0.161. The molecule has 0 heterocycles. The van der Waals surface area contributed by atoms with E-state index >= 15 is 0 Å². The predicted molar refractivity (Wildman–Crippen MR) is 377 cm³/mol. The standard InChI is InChI=1S/C74H144O17P2/c1-8-10-11-12-13-14-15-16-17-20-23-26-29-32-41-48-55-71(76)84-61-69(90-73(78)57-50-43-33-30-27-24-21-18-19-22-25-28-31-38-45-52-65(3)4)63-88-92(80,81)86-59-68(75)60-87-93(82,83)89-64-70(62-85-72(77)56-49-42-36-34-39-46-53-66(5)6)91-74(79)58-51-44-37-35-40-47-54-67(7)9-2/h65-70,75H,8-64H2,1-7H3,(H,80,81)(H,82,83)/t67?,68-,69-,70-/m1/s1. The average Bonchev–Trinajstić information content (AvgIpc) is 3.31. The van der Waals surface area contributed by atoms with E-state index in [0.717, 1.165) is 108 Å². The Bertz CT molecular complexity index is 1820. The molecule has 0 aromatic rings. The molecule has 0 radical (unpaired) electrons. The van der Waals surface area contributed by atoms with Crippen LogP contribution in [0.1, 0.15) is 376 Å². The Morgan fingerprint density at radius 2 is 0.548 bits per heavy atom. The molecule has 0 aliphatic carbocycles. The smallest absolute Gasteiger partial charge is 0.462 e. The Hall–Kier alpha value is -1.94. The van der Waals surface area contributed by atoms with Crippen molar-refractivity contribution in [2.75, 3.05) is 39.6 Å². The number of phosphoric acid groups is 2. The number of aliphatic hydroxyl groups is 1. The van der Waals surface area contributed by atoms with E-state index in [-0.39, 0.29) is 25.7 Å². The first-order valence-corrected chi connectivity index (χ1v) is 41.4. The SMILES string of the molecule is CCCCCCCCCCCCCCCCCCC(=O)OC[C@H](COP(=O)(O)OC[C@@H](O)COP(=O)(O)OC[C@@H](COC(=O)CCCCCCCCC(C)C)OC(=O)CCCCCCCCC(C)CC)OC(=O)CCCCCCCCCCCCCCCCCC(C)C. The predicted octanol–water partition coefficient (Wildman–Crippen LogP) is 21.4. The van der Waals surface area contributed by atoms with Crippen molar-refractivity contribution in [3.05, 3.63) is 0 Å². The van der Waals surface area contributed by atoms with Gasteiger partial charge < -0.3 is 33.8 Å². The van der Waals surface area contributed by atoms with Gasteiger partial charge in [0.1, 0.15) is 19.3 Å². The van der Waals surface area contributed by atoms with Gasteiger partial charge in [-0.05, 0) is 43.4 Å². The minimum absolute atomic E-state index is 0.102. The molecule has 17 nitrogen and oxygen atoms in total. The van der Waals surface area contributed by atoms with Crippen LogP contribution in [0.25, 0.3) is 0 Å². The molecular formula is C74H144O17P2. The fourth-order valence-electron chi connectivity index (χ4n) is 11.2. The van der Waals surface area contributed by atoms with E-state index in [9.17, 15) is 43.2 Å². The number of hydrogen-bond acceptors (Lipinski definition) is 15. The van der Waals surface area contributed by atoms with Crippen LogP contribution < -0.4 is 0 Å². The third-order valence-corrected chi connectivity index (χ3v) is 19.4. The van der Waals surface area contributed by atoms with E-state index in [4.69, 9.17) is 37.0 Å². The lowest BCUT2D eigenvalue weighted by Gasteiger charge is -2.21. The highest BCUT2D eigenvalue weighted by atomic mass is 31.2. The number of phosphoric ester groups is 2. The van der Waals surface area contributed by atoms with Gasteiger partial charge in [0.25, 0.3) is 0 Å². The summed E-state index contributed by atoms with van der Waals surface area (Å²) in [5, 5.41) is 10.6. The monoisotopic (exact) mass is 1370 g/mol. The van der Waals surface area contributed by atoms with Crippen LogP contribution in [0.3, 0.4) is 0 Å². The molecule has 19 heteroatoms. The topological polar surface area (TPSA) is 237 Å². The second-order valence-corrected chi connectivity index (χ2v) is 30.8. The summed E-state index contributed by atoms with van der Waals surface area (Å²) in [6.07, 6.45) is 50.2. The Kier molecular flexibility index (Phi) is 63.4. The zero-order valence-electron chi connectivity index (χ0n) is 60.7. The van der Waals surface area contributed by atoms with E-state index in [1.54, 1.807) is 0 Å². The van der Waals surface area contributed by atoms with Gasteiger partial charge in [0, 0.05) is 25.7 Å². The van der Waals surface area contributed by atoms with Crippen molar-refractivity contribution < 1.29 is 80.2 Å². The van der Waals surface area contributed by atoms with E-state index in [1.807, 2.05) is 0 Å². The summed E-state index contributed by atoms with van der Waals surface area (Å²) in [6.45, 7) is 11.8. The van der Waals surface area contributed by atoms with Crippen LogP contribution in [0.2, 0.25) is 0 Å². The van der Waals surface area contributed by atoms with Crippen molar-refractivity contribution in [3.8, 4) is 0 Å². The van der Waals surface area contributed by atoms with Gasteiger partial charge in [-0.3, -0.25) is 37.3 Å². The summed E-state index contributed by atoms with van der Waals surface area (Å²) in [7, 11) is -9.91. The first kappa shape index (κ1) is 91.1. The van der Waals surface area contributed by atoms with Crippen LogP contribution in [0.5, 0.6) is 0 Å². The quantitative estimate of drug-likeness (QED) is 0.0222. The molecule has 0 aromatic heterocycles. The van der Waals surface area contributed by atoms with E-state index in [0.29, 0.717) is 31.6 Å². The van der Waals surface area contributed by atoms with Crippen molar-refractivity contribution >= 4 is 39.5 Å². The number of hydrogen-bond donors (Lipinski definition) is 3. The van der Waals surface area contributed by atoms with E-state index in [2.05, 4.69) is 48.5 Å². The zero-order valence-corrected chi connectivity index (χ0v) is 62.5. The van der Waals surface area contributed by atoms with Crippen LogP contribution in [0, 0.1) is 17.8 Å². The minimum atomic E-state index is -4.96. The number of carbonyl (C=O) groups excluding carboxylic acids is 4. The minimum Gasteiger partial charge on any atom is -0.462 e. The molecule has 0 fully saturated rings. The summed E-state index contributed by atoms with van der Waals surface area (Å²) in [5.41, 5.74) is 0. The van der Waals surface area contributed by atoms with Crippen LogP contribution >= 0.6 is 15.6 Å². The number of rotatable bonds is 72. The Balaban J connectivity index is 5.22. The molecule has 3 unspecified atom stereocenters. The van der Waals surface area contributed by atoms with Gasteiger partial charge in [0.2, 0.25) is 0 Å². The molecule has 6 atom stereocenters. The largest absolute Gasteiger partial charge is 0.472 e. The molecule has 3 N–H and O–H groups in total. The zero-order chi connectivity index (χ0) is 68.7. The van der Waals surface area contributed by atoms with Gasteiger partial charge in [-0.15, -0.1) is 0 Å². The van der Waals surface area contributed by atoms with Crippen molar-refractivity contribution in [2.45, 2.75) is 394 Å². The molecule has 0 amide bonds. The molecule has 0 aromatic carbocycles. The number of unbranched alkanes of at least 4 members (excludes halogenated alkanes) is 39. The number of esters is 4. The maximum atomic E-state index is 13.1. The first-order chi connectivity index (χ1) is 44.8. The highest BCUT2D eigenvalue weighted by Crippen LogP contribution is 2.45. The highest BCUT2D eigenvalue weighted by molar-refractivity contribution is 7.47. The van der Waals surface area contributed by atoms with Gasteiger partial charge >= 0.3 is 39.5 Å². The van der Waals surface area contributed by atoms with Gasteiger partial charge in [0.15, 0.2) is 12.2 Å². The van der Waals surface area contributed by atoms with Crippen LogP contribution in [0.15, 0.2) is 0 Å². The molecule has 0 saturated heterocycles. The van der Waals surface area contributed by atoms with Gasteiger partial charge in [-0.2, -0.15) is 0 Å². The molecule has 0 aliphatic rings. The summed E-state index contributed by atoms with van der Waals surface area (Å²) in [6, 6.07) is 0. The maximum absolute atomic E-state index is 13.1. The Labute approximate surface area is 568 Å². The molecule has 0 spiro atoms. The third-order valence-electron chi connectivity index (χ3n) is 17.5. The lowest BCUT2D eigenvalue weighted by Crippen LogP contribution is -2.30. The Morgan fingerprint density at radius 3 is 0.817 bits per heavy atom. The Morgan fingerprint density at radius 1 is 0.312 bits per heavy atom. The van der Waals surface area contributed by atoms with Crippen LogP contribution in [-0.4, -0.2) is 96.7 Å². The number of aliphatic hydroxyl groups excluding tert-OH is 1. The molecule has 552 valence electrons. The van der Waals surface area contributed by atoms with E-state index < -0.39 is 97.5 Å². The molecule has 93 heavy (non-hydrogen) atoms. The summed E-state index contributed by atoms with van der Waals surface area (Å²) in [4.78, 5) is 72.6. The van der Waals surface area contributed by atoms with Crippen LogP contribution in [-0.2, 0) is 65.4 Å². The van der Waals surface area contributed by atoms with Crippen molar-refractivity contribution in [2.24, 2.45) is 17.8 Å². The summed E-state index contributed by atoms with van der Waals surface area (Å²) < 4.78 is 68.4. The van der Waals surface area contributed by atoms with Gasteiger partial charge in [-0.1, -0.05) is 325 Å². The first-order valence-electron chi connectivity index (χ1n) is 38.4. The fourth-order valence-corrected chi connectivity index (χ4v) is 12.8. The average molecular weight is 1370 g/mol. The molecule has 0 aliphatic heterocycles. The molecular weight excluding hydrogens is 1220 g/mol. The van der Waals surface area contributed by atoms with Gasteiger partial charge in [-0.25, -0.2) is 9.13 Å². The fraction of sp³-hybridized carbons (Fsp3) is 0.946. The van der Waals surface area contributed by atoms with E-state index in [1.165, 1.54) is 180 Å². The number of ether oxygens (including phenoxy) is 4. The van der Waals surface area contributed by atoms with Crippen molar-refractivity contribution in [3.63, 3.8) is 0 Å². The summed E-state index contributed by atoms with van der Waals surface area (Å²) >= 11 is 0. The lowest BCUT2D eigenvalue weighted by atomic mass is 10.00. The summed E-state index contributed by atoms with van der Waals surface area (Å²) in [5.74, 6) is 0.0769. The molecule has 0 bridgehead atoms. The van der Waals surface area contributed by atoms with Crippen LogP contribution in [0.4, 0.5) is 0 Å². The second kappa shape index (κ2) is 64.7. The van der Waals surface area contributed by atoms with Crippen molar-refractivity contribution in [1.29, 1.82) is 0 Å². The molecule has 0 rings (SSSR count). The third kappa shape index (κ3) is 67.0. The number of carbonyl (C=O) groups is 4. The van der Waals surface area contributed by atoms with Crippen molar-refractivity contribution in [1.82, 2.24) is 0 Å². The highest BCUT2D eigenvalue weighted by Gasteiger charge is 2.30. The van der Waals surface area contributed by atoms with Gasteiger partial charge in [0.05, 0.1) is 26.4 Å². The second-order valence-electron chi connectivity index (χ2n) is 27.9. The normalized spacial score (nSPS) is 14.4. The molecule has 0 saturated carbocycles. The maximum Gasteiger partial charge on any atom is 0.472 e.